The molecule has 3 N–H and O–H groups in total. The van der Waals surface area contributed by atoms with E-state index in [1.807, 2.05) is 0 Å². The number of hydrogen-bond acceptors (Lipinski definition) is 4. The van der Waals surface area contributed by atoms with E-state index in [4.69, 9.17) is 9.84 Å². The van der Waals surface area contributed by atoms with Gasteiger partial charge in [-0.25, -0.2) is 0 Å². The highest BCUT2D eigenvalue weighted by Crippen LogP contribution is 2.03. The van der Waals surface area contributed by atoms with Crippen LogP contribution in [0.25, 0.3) is 0 Å². The van der Waals surface area contributed by atoms with Crippen molar-refractivity contribution in [1.29, 1.82) is 0 Å². The minimum Gasteiger partial charge on any atom is -0.481 e. The molecule has 86 valence electrons. The lowest BCUT2D eigenvalue weighted by Gasteiger charge is -2.26. The van der Waals surface area contributed by atoms with Gasteiger partial charge in [0.25, 0.3) is 0 Å². The van der Waals surface area contributed by atoms with Gasteiger partial charge in [0.1, 0.15) is 0 Å². The van der Waals surface area contributed by atoms with Crippen molar-refractivity contribution in [1.82, 2.24) is 10.6 Å². The monoisotopic (exact) mass is 216 g/mol. The average molecular weight is 216 g/mol. The largest absolute Gasteiger partial charge is 0.481 e. The number of rotatable bonds is 6. The molecule has 1 saturated heterocycles. The first-order valence-corrected chi connectivity index (χ1v) is 4.86. The molecule has 1 fully saturated rings. The fourth-order valence-electron chi connectivity index (χ4n) is 1.27. The van der Waals surface area contributed by atoms with Crippen LogP contribution < -0.4 is 10.6 Å². The van der Waals surface area contributed by atoms with Gasteiger partial charge in [-0.3, -0.25) is 9.59 Å². The fraction of sp³-hybridized carbons (Fsp3) is 0.778. The molecule has 1 aliphatic rings. The predicted octanol–water partition coefficient (Wildman–Crippen LogP) is -1.19. The highest BCUT2D eigenvalue weighted by Gasteiger charge is 2.25. The summed E-state index contributed by atoms with van der Waals surface area (Å²) in [4.78, 5) is 21.8. The molecule has 0 aliphatic carbocycles. The van der Waals surface area contributed by atoms with Crippen molar-refractivity contribution < 1.29 is 19.4 Å². The van der Waals surface area contributed by atoms with E-state index in [9.17, 15) is 9.59 Å². The first-order valence-electron chi connectivity index (χ1n) is 4.86. The van der Waals surface area contributed by atoms with Crippen molar-refractivity contribution in [2.45, 2.75) is 12.5 Å². The van der Waals surface area contributed by atoms with Crippen LogP contribution in [0.2, 0.25) is 0 Å². The van der Waals surface area contributed by atoms with Gasteiger partial charge in [-0.15, -0.1) is 0 Å². The summed E-state index contributed by atoms with van der Waals surface area (Å²) in [5.74, 6) is -0.949. The first kappa shape index (κ1) is 11.9. The molecule has 0 radical (unpaired) electrons. The maximum Gasteiger partial charge on any atom is 0.306 e. The standard InChI is InChI=1S/C9H16N2O4/c1-15-7(2-8(12)13)5-11-9(14)6-3-10-4-6/h6-7,10H,2-5H2,1H3,(H,11,14)(H,12,13). The minimum atomic E-state index is -0.929. The zero-order valence-electron chi connectivity index (χ0n) is 8.66. The van der Waals surface area contributed by atoms with Crippen molar-refractivity contribution in [2.24, 2.45) is 5.92 Å². The molecular formula is C9H16N2O4. The first-order chi connectivity index (χ1) is 7.13. The number of carbonyl (C=O) groups excluding carboxylic acids is 1. The van der Waals surface area contributed by atoms with Crippen LogP contribution in [0.15, 0.2) is 0 Å². The molecule has 0 spiro atoms. The Labute approximate surface area is 88.0 Å². The van der Waals surface area contributed by atoms with E-state index in [0.29, 0.717) is 13.1 Å². The van der Waals surface area contributed by atoms with Crippen molar-refractivity contribution in [3.63, 3.8) is 0 Å². The zero-order valence-corrected chi connectivity index (χ0v) is 8.66. The SMILES string of the molecule is COC(CNC(=O)C1CNC1)CC(=O)O. The normalized spacial score (nSPS) is 17.9. The van der Waals surface area contributed by atoms with E-state index in [-0.39, 0.29) is 24.8 Å². The zero-order chi connectivity index (χ0) is 11.3. The number of hydrogen-bond donors (Lipinski definition) is 3. The third kappa shape index (κ3) is 3.85. The molecule has 6 nitrogen and oxygen atoms in total. The molecule has 1 aliphatic heterocycles. The maximum absolute atomic E-state index is 11.4. The van der Waals surface area contributed by atoms with Crippen molar-refractivity contribution in [3.8, 4) is 0 Å². The van der Waals surface area contributed by atoms with Crippen molar-refractivity contribution >= 4 is 11.9 Å². The second kappa shape index (κ2) is 5.67. The van der Waals surface area contributed by atoms with Gasteiger partial charge in [0.05, 0.1) is 18.4 Å². The molecule has 6 heteroatoms. The average Bonchev–Trinajstić information content (AvgIpc) is 2.08. The Bertz CT molecular complexity index is 240. The van der Waals surface area contributed by atoms with Crippen LogP contribution in [0.3, 0.4) is 0 Å². The van der Waals surface area contributed by atoms with Crippen LogP contribution in [-0.4, -0.2) is 49.8 Å². The smallest absolute Gasteiger partial charge is 0.306 e. The van der Waals surface area contributed by atoms with Gasteiger partial charge in [0, 0.05) is 26.7 Å². The Morgan fingerprint density at radius 3 is 2.67 bits per heavy atom. The van der Waals surface area contributed by atoms with Gasteiger partial charge in [-0.1, -0.05) is 0 Å². The number of carbonyl (C=O) groups is 2. The summed E-state index contributed by atoms with van der Waals surface area (Å²) in [6, 6.07) is 0. The van der Waals surface area contributed by atoms with E-state index in [0.717, 1.165) is 0 Å². The molecule has 1 rings (SSSR count). The molecule has 1 atom stereocenters. The van der Waals surface area contributed by atoms with Crippen LogP contribution >= 0.6 is 0 Å². The number of methoxy groups -OCH3 is 1. The van der Waals surface area contributed by atoms with E-state index in [2.05, 4.69) is 10.6 Å². The predicted molar refractivity (Wildman–Crippen MR) is 52.4 cm³/mol. The number of ether oxygens (including phenoxy) is 1. The van der Waals surface area contributed by atoms with E-state index < -0.39 is 12.1 Å². The van der Waals surface area contributed by atoms with Gasteiger partial charge in [0.15, 0.2) is 0 Å². The van der Waals surface area contributed by atoms with Gasteiger partial charge < -0.3 is 20.5 Å². The van der Waals surface area contributed by atoms with Crippen LogP contribution in [0, 0.1) is 5.92 Å². The molecule has 1 unspecified atom stereocenters. The van der Waals surface area contributed by atoms with Crippen molar-refractivity contribution in [2.75, 3.05) is 26.7 Å². The van der Waals surface area contributed by atoms with Gasteiger partial charge in [-0.2, -0.15) is 0 Å². The Morgan fingerprint density at radius 2 is 2.27 bits per heavy atom. The third-order valence-electron chi connectivity index (χ3n) is 2.39. The lowest BCUT2D eigenvalue weighted by atomic mass is 10.0. The fourth-order valence-corrected chi connectivity index (χ4v) is 1.27. The maximum atomic E-state index is 11.4. The summed E-state index contributed by atoms with van der Waals surface area (Å²) in [6.07, 6.45) is -0.556. The molecule has 15 heavy (non-hydrogen) atoms. The van der Waals surface area contributed by atoms with Gasteiger partial charge >= 0.3 is 5.97 Å². The molecule has 0 aromatic rings. The summed E-state index contributed by atoms with van der Waals surface area (Å²) < 4.78 is 4.93. The lowest BCUT2D eigenvalue weighted by Crippen LogP contribution is -2.51. The quantitative estimate of drug-likeness (QED) is 0.519. The topological polar surface area (TPSA) is 87.7 Å². The summed E-state index contributed by atoms with van der Waals surface area (Å²) in [5, 5.41) is 14.2. The van der Waals surface area contributed by atoms with E-state index in [1.54, 1.807) is 0 Å². The number of aliphatic carboxylic acids is 1. The molecule has 0 aromatic heterocycles. The number of carboxylic acid groups (broad SMARTS) is 1. The summed E-state index contributed by atoms with van der Waals surface area (Å²) in [6.45, 7) is 1.64. The molecule has 0 bridgehead atoms. The van der Waals surface area contributed by atoms with Crippen LogP contribution in [0.4, 0.5) is 0 Å². The van der Waals surface area contributed by atoms with Crippen LogP contribution in [0.1, 0.15) is 6.42 Å². The Balaban J connectivity index is 2.20. The summed E-state index contributed by atoms with van der Waals surface area (Å²) >= 11 is 0. The van der Waals surface area contributed by atoms with Crippen molar-refractivity contribution in [3.05, 3.63) is 0 Å². The van der Waals surface area contributed by atoms with Gasteiger partial charge in [-0.05, 0) is 0 Å². The number of nitrogens with one attached hydrogen (secondary N) is 2. The highest BCUT2D eigenvalue weighted by molar-refractivity contribution is 5.80. The minimum absolute atomic E-state index is 0.0207. The number of amides is 1. The summed E-state index contributed by atoms with van der Waals surface area (Å²) in [5.41, 5.74) is 0. The molecule has 0 saturated carbocycles. The second-order valence-corrected chi connectivity index (χ2v) is 3.56. The van der Waals surface area contributed by atoms with E-state index in [1.165, 1.54) is 7.11 Å². The summed E-state index contributed by atoms with van der Waals surface area (Å²) in [7, 11) is 1.44. The molecule has 1 amide bonds. The molecule has 1 heterocycles. The highest BCUT2D eigenvalue weighted by atomic mass is 16.5. The molecular weight excluding hydrogens is 200 g/mol. The number of carboxylic acids is 1. The Kier molecular flexibility index (Phi) is 4.51. The lowest BCUT2D eigenvalue weighted by molar-refractivity contribution is -0.140. The Morgan fingerprint density at radius 1 is 1.60 bits per heavy atom. The molecule has 0 aromatic carbocycles. The van der Waals surface area contributed by atoms with E-state index >= 15 is 0 Å². The third-order valence-corrected chi connectivity index (χ3v) is 2.39. The van der Waals surface area contributed by atoms with Crippen LogP contribution in [0.5, 0.6) is 0 Å². The second-order valence-electron chi connectivity index (χ2n) is 3.56. The Hall–Kier alpha value is -1.14. The van der Waals surface area contributed by atoms with Gasteiger partial charge in [0.2, 0.25) is 5.91 Å². The van der Waals surface area contributed by atoms with Crippen LogP contribution in [-0.2, 0) is 14.3 Å².